The van der Waals surface area contributed by atoms with Crippen molar-refractivity contribution in [3.8, 4) is 0 Å². The van der Waals surface area contributed by atoms with Gasteiger partial charge in [-0.1, -0.05) is 32.9 Å². The van der Waals surface area contributed by atoms with Crippen LogP contribution in [-0.4, -0.2) is 30.4 Å². The van der Waals surface area contributed by atoms with Gasteiger partial charge in [0.2, 0.25) is 5.91 Å². The van der Waals surface area contributed by atoms with Crippen molar-refractivity contribution >= 4 is 11.6 Å². The minimum absolute atomic E-state index is 0.256. The zero-order valence-electron chi connectivity index (χ0n) is 13.1. The molecular weight excluding hydrogens is 248 g/mol. The quantitative estimate of drug-likeness (QED) is 0.746. The van der Waals surface area contributed by atoms with Crippen molar-refractivity contribution in [1.82, 2.24) is 4.90 Å². The van der Waals surface area contributed by atoms with Crippen LogP contribution in [0.4, 0.5) is 5.69 Å². The number of nitrogens with one attached hydrogen (secondary N) is 1. The van der Waals surface area contributed by atoms with E-state index in [1.807, 2.05) is 4.90 Å². The fourth-order valence-electron chi connectivity index (χ4n) is 2.23. The minimum Gasteiger partial charge on any atom is -0.385 e. The van der Waals surface area contributed by atoms with Gasteiger partial charge in [0.25, 0.3) is 0 Å². The third-order valence-corrected chi connectivity index (χ3v) is 3.37. The number of benzene rings is 1. The van der Waals surface area contributed by atoms with Gasteiger partial charge in [0.05, 0.1) is 0 Å². The standard InChI is InChI=1S/C17H28N2O/c1-4-13-19(14-5-2)17(20)11-12-18-16-9-7-15(6-3)8-10-16/h7-10,18H,4-6,11-14H2,1-3H3. The Balaban J connectivity index is 2.35. The number of carbonyl (C=O) groups is 1. The number of hydrogen-bond donors (Lipinski definition) is 1. The van der Waals surface area contributed by atoms with Crippen LogP contribution in [0.25, 0.3) is 0 Å². The lowest BCUT2D eigenvalue weighted by atomic mass is 10.1. The number of amides is 1. The van der Waals surface area contributed by atoms with Gasteiger partial charge in [-0.3, -0.25) is 4.79 Å². The monoisotopic (exact) mass is 276 g/mol. The Labute approximate surface area is 123 Å². The average Bonchev–Trinajstić information content (AvgIpc) is 2.47. The summed E-state index contributed by atoms with van der Waals surface area (Å²) >= 11 is 0. The zero-order valence-corrected chi connectivity index (χ0v) is 13.1. The summed E-state index contributed by atoms with van der Waals surface area (Å²) in [6.07, 6.45) is 3.67. The van der Waals surface area contributed by atoms with Crippen LogP contribution in [0.2, 0.25) is 0 Å². The van der Waals surface area contributed by atoms with Crippen LogP contribution in [0.1, 0.15) is 45.6 Å². The second-order valence-electron chi connectivity index (χ2n) is 5.11. The maximum absolute atomic E-state index is 12.1. The van der Waals surface area contributed by atoms with E-state index in [0.717, 1.165) is 38.0 Å². The fraction of sp³-hybridized carbons (Fsp3) is 0.588. The molecule has 1 amide bonds. The van der Waals surface area contributed by atoms with Crippen LogP contribution in [0.5, 0.6) is 0 Å². The summed E-state index contributed by atoms with van der Waals surface area (Å²) in [5.41, 5.74) is 2.43. The van der Waals surface area contributed by atoms with E-state index in [0.29, 0.717) is 13.0 Å². The van der Waals surface area contributed by atoms with E-state index in [4.69, 9.17) is 0 Å². The molecule has 1 aromatic rings. The van der Waals surface area contributed by atoms with E-state index < -0.39 is 0 Å². The van der Waals surface area contributed by atoms with Crippen molar-refractivity contribution in [3.05, 3.63) is 29.8 Å². The third kappa shape index (κ3) is 5.64. The molecule has 1 N–H and O–H groups in total. The molecule has 1 aromatic carbocycles. The highest BCUT2D eigenvalue weighted by Gasteiger charge is 2.10. The number of carbonyl (C=O) groups excluding carboxylic acids is 1. The molecular formula is C17H28N2O. The van der Waals surface area contributed by atoms with Gasteiger partial charge in [-0.15, -0.1) is 0 Å². The third-order valence-electron chi connectivity index (χ3n) is 3.37. The maximum Gasteiger partial charge on any atom is 0.224 e. The van der Waals surface area contributed by atoms with Gasteiger partial charge in [0, 0.05) is 31.7 Å². The van der Waals surface area contributed by atoms with Crippen LogP contribution in [0.3, 0.4) is 0 Å². The number of nitrogens with zero attached hydrogens (tertiary/aromatic N) is 1. The van der Waals surface area contributed by atoms with Crippen LogP contribution in [-0.2, 0) is 11.2 Å². The first-order chi connectivity index (χ1) is 9.71. The highest BCUT2D eigenvalue weighted by molar-refractivity contribution is 5.76. The van der Waals surface area contributed by atoms with Crippen molar-refractivity contribution in [2.24, 2.45) is 0 Å². The normalized spacial score (nSPS) is 10.3. The second-order valence-corrected chi connectivity index (χ2v) is 5.11. The molecule has 3 nitrogen and oxygen atoms in total. The molecule has 20 heavy (non-hydrogen) atoms. The van der Waals surface area contributed by atoms with Gasteiger partial charge in [0.15, 0.2) is 0 Å². The summed E-state index contributed by atoms with van der Waals surface area (Å²) in [6.45, 7) is 8.83. The van der Waals surface area contributed by atoms with E-state index in [9.17, 15) is 4.79 Å². The Morgan fingerprint density at radius 2 is 1.65 bits per heavy atom. The lowest BCUT2D eigenvalue weighted by Gasteiger charge is -2.21. The second kappa shape index (κ2) is 9.40. The predicted molar refractivity (Wildman–Crippen MR) is 86.1 cm³/mol. The Bertz CT molecular complexity index is 380. The molecule has 0 bridgehead atoms. The van der Waals surface area contributed by atoms with Gasteiger partial charge in [-0.2, -0.15) is 0 Å². The summed E-state index contributed by atoms with van der Waals surface area (Å²) in [5.74, 6) is 0.256. The fourth-order valence-corrected chi connectivity index (χ4v) is 2.23. The van der Waals surface area contributed by atoms with E-state index in [2.05, 4.69) is 50.4 Å². The minimum atomic E-state index is 0.256. The number of aryl methyl sites for hydroxylation is 1. The molecule has 0 aliphatic rings. The molecule has 0 heterocycles. The topological polar surface area (TPSA) is 32.3 Å². The van der Waals surface area contributed by atoms with E-state index in [-0.39, 0.29) is 5.91 Å². The molecule has 0 saturated carbocycles. The van der Waals surface area contributed by atoms with Gasteiger partial charge >= 0.3 is 0 Å². The summed E-state index contributed by atoms with van der Waals surface area (Å²) in [7, 11) is 0. The highest BCUT2D eigenvalue weighted by atomic mass is 16.2. The average molecular weight is 276 g/mol. The lowest BCUT2D eigenvalue weighted by Crippen LogP contribution is -2.33. The molecule has 0 fully saturated rings. The molecule has 1 rings (SSSR count). The van der Waals surface area contributed by atoms with Gasteiger partial charge in [-0.05, 0) is 37.0 Å². The Morgan fingerprint density at radius 1 is 1.05 bits per heavy atom. The number of anilines is 1. The Kier molecular flexibility index (Phi) is 7.78. The summed E-state index contributed by atoms with van der Waals surface area (Å²) < 4.78 is 0. The van der Waals surface area contributed by atoms with Crippen LogP contribution in [0, 0.1) is 0 Å². The first kappa shape index (κ1) is 16.5. The molecule has 0 atom stereocenters. The number of rotatable bonds is 9. The van der Waals surface area contributed by atoms with Gasteiger partial charge in [0.1, 0.15) is 0 Å². The molecule has 3 heteroatoms. The molecule has 0 unspecified atom stereocenters. The summed E-state index contributed by atoms with van der Waals surface area (Å²) in [6, 6.07) is 8.42. The largest absolute Gasteiger partial charge is 0.385 e. The molecule has 0 saturated heterocycles. The van der Waals surface area contributed by atoms with E-state index in [1.165, 1.54) is 5.56 Å². The predicted octanol–water partition coefficient (Wildman–Crippen LogP) is 3.70. The van der Waals surface area contributed by atoms with Gasteiger partial charge in [-0.25, -0.2) is 0 Å². The molecule has 0 radical (unpaired) electrons. The summed E-state index contributed by atoms with van der Waals surface area (Å²) in [5, 5.41) is 3.32. The molecule has 0 spiro atoms. The molecule has 112 valence electrons. The molecule has 0 aliphatic heterocycles. The summed E-state index contributed by atoms with van der Waals surface area (Å²) in [4.78, 5) is 14.1. The SMILES string of the molecule is CCCN(CCC)C(=O)CCNc1ccc(CC)cc1. The molecule has 0 aliphatic carbocycles. The van der Waals surface area contributed by atoms with Crippen molar-refractivity contribution < 1.29 is 4.79 Å². The zero-order chi connectivity index (χ0) is 14.8. The van der Waals surface area contributed by atoms with E-state index in [1.54, 1.807) is 0 Å². The Hall–Kier alpha value is -1.51. The Morgan fingerprint density at radius 3 is 2.15 bits per heavy atom. The van der Waals surface area contributed by atoms with E-state index >= 15 is 0 Å². The van der Waals surface area contributed by atoms with Crippen LogP contribution < -0.4 is 5.32 Å². The molecule has 0 aromatic heterocycles. The van der Waals surface area contributed by atoms with Crippen LogP contribution >= 0.6 is 0 Å². The first-order valence-corrected chi connectivity index (χ1v) is 7.81. The highest BCUT2D eigenvalue weighted by Crippen LogP contribution is 2.10. The lowest BCUT2D eigenvalue weighted by molar-refractivity contribution is -0.131. The smallest absolute Gasteiger partial charge is 0.224 e. The first-order valence-electron chi connectivity index (χ1n) is 7.81. The maximum atomic E-state index is 12.1. The number of hydrogen-bond acceptors (Lipinski definition) is 2. The van der Waals surface area contributed by atoms with Crippen molar-refractivity contribution in [3.63, 3.8) is 0 Å². The van der Waals surface area contributed by atoms with Gasteiger partial charge < -0.3 is 10.2 Å². The van der Waals surface area contributed by atoms with Crippen molar-refractivity contribution in [2.45, 2.75) is 46.5 Å². The van der Waals surface area contributed by atoms with Crippen molar-refractivity contribution in [2.75, 3.05) is 25.0 Å². The van der Waals surface area contributed by atoms with Crippen LogP contribution in [0.15, 0.2) is 24.3 Å². The van der Waals surface area contributed by atoms with Crippen molar-refractivity contribution in [1.29, 1.82) is 0 Å².